The molecule has 4 rings (SSSR count). The molecule has 1 aliphatic rings. The fraction of sp³-hybridized carbons (Fsp3) is 0.241. The number of esters is 1. The van der Waals surface area contributed by atoms with E-state index in [1.54, 1.807) is 18.7 Å². The Balaban J connectivity index is 1.87. The summed E-state index contributed by atoms with van der Waals surface area (Å²) in [5.74, 6) is -0.718. The summed E-state index contributed by atoms with van der Waals surface area (Å²) in [7, 11) is 0. The van der Waals surface area contributed by atoms with Crippen molar-refractivity contribution in [2.45, 2.75) is 41.5 Å². The first-order valence-electron chi connectivity index (χ1n) is 11.5. The lowest BCUT2D eigenvalue weighted by Crippen LogP contribution is -2.24. The number of allylic oxidation sites excluding steroid dienone is 1. The molecule has 1 amide bonds. The molecule has 34 heavy (non-hydrogen) atoms. The molecule has 0 saturated heterocycles. The average molecular weight is 455 g/mol. The lowest BCUT2D eigenvalue weighted by Gasteiger charge is -2.17. The van der Waals surface area contributed by atoms with E-state index < -0.39 is 5.97 Å². The predicted octanol–water partition coefficient (Wildman–Crippen LogP) is 5.98. The highest BCUT2D eigenvalue weighted by atomic mass is 16.5. The van der Waals surface area contributed by atoms with E-state index in [4.69, 9.17) is 4.74 Å². The number of nitrogens with zero attached hydrogens (tertiary/aromatic N) is 2. The molecule has 1 aromatic heterocycles. The summed E-state index contributed by atoms with van der Waals surface area (Å²) < 4.78 is 7.53. The van der Waals surface area contributed by atoms with Gasteiger partial charge >= 0.3 is 5.97 Å². The van der Waals surface area contributed by atoms with Gasteiger partial charge in [-0.2, -0.15) is 0 Å². The molecule has 1 aliphatic heterocycles. The molecule has 5 heteroatoms. The van der Waals surface area contributed by atoms with Crippen LogP contribution in [0.15, 0.2) is 71.4 Å². The Kier molecular flexibility index (Phi) is 6.29. The summed E-state index contributed by atoms with van der Waals surface area (Å²) in [6.07, 6.45) is 1.82. The summed E-state index contributed by atoms with van der Waals surface area (Å²) in [5, 5.41) is 0. The van der Waals surface area contributed by atoms with Crippen LogP contribution in [0.25, 0.3) is 11.8 Å². The number of ether oxygens (including phenoxy) is 1. The Morgan fingerprint density at radius 2 is 1.68 bits per heavy atom. The minimum absolute atomic E-state index is 0.233. The van der Waals surface area contributed by atoms with Gasteiger partial charge in [-0.1, -0.05) is 30.3 Å². The van der Waals surface area contributed by atoms with Gasteiger partial charge in [0.05, 0.1) is 17.8 Å². The number of carbonyl (C=O) groups is 2. The van der Waals surface area contributed by atoms with Crippen LogP contribution >= 0.6 is 0 Å². The molecule has 5 nitrogen and oxygen atoms in total. The van der Waals surface area contributed by atoms with Crippen LogP contribution in [0.1, 0.15) is 41.9 Å². The first kappa shape index (κ1) is 23.3. The minimum Gasteiger partial charge on any atom is -0.462 e. The number of para-hydroxylation sites is 1. The number of hydrogen-bond donors (Lipinski definition) is 0. The lowest BCUT2D eigenvalue weighted by atomic mass is 10.0. The van der Waals surface area contributed by atoms with Crippen LogP contribution in [0.2, 0.25) is 0 Å². The molecule has 0 radical (unpaired) electrons. The highest BCUT2D eigenvalue weighted by Gasteiger charge is 2.38. The van der Waals surface area contributed by atoms with Crippen LogP contribution < -0.4 is 4.90 Å². The van der Waals surface area contributed by atoms with Crippen LogP contribution in [0, 0.1) is 27.7 Å². The van der Waals surface area contributed by atoms with Gasteiger partial charge in [-0.05, 0) is 88.6 Å². The first-order chi connectivity index (χ1) is 16.2. The van der Waals surface area contributed by atoms with E-state index >= 15 is 0 Å². The molecule has 174 valence electrons. The number of amides is 1. The van der Waals surface area contributed by atoms with Gasteiger partial charge < -0.3 is 9.30 Å². The fourth-order valence-corrected chi connectivity index (χ4v) is 4.59. The lowest BCUT2D eigenvalue weighted by molar-refractivity contribution is -0.138. The average Bonchev–Trinajstić information content (AvgIpc) is 3.22. The Morgan fingerprint density at radius 1 is 0.971 bits per heavy atom. The SMILES string of the molecule is CCOC(=O)C1=C(C)N(c2ccccc2)C(=O)/C1=C/c1cc(C)n(-c2cc(C)ccc2C)c1C. The van der Waals surface area contributed by atoms with Gasteiger partial charge in [0, 0.05) is 28.5 Å². The van der Waals surface area contributed by atoms with Crippen LogP contribution in [0.5, 0.6) is 0 Å². The molecule has 0 atom stereocenters. The van der Waals surface area contributed by atoms with Gasteiger partial charge in [-0.15, -0.1) is 0 Å². The molecule has 0 spiro atoms. The molecule has 2 aromatic carbocycles. The van der Waals surface area contributed by atoms with Gasteiger partial charge in [0.1, 0.15) is 0 Å². The van der Waals surface area contributed by atoms with Gasteiger partial charge in [0.25, 0.3) is 5.91 Å². The van der Waals surface area contributed by atoms with Crippen LogP contribution in [0.3, 0.4) is 0 Å². The topological polar surface area (TPSA) is 51.5 Å². The third-order valence-corrected chi connectivity index (χ3v) is 6.27. The van der Waals surface area contributed by atoms with E-state index in [1.165, 1.54) is 11.1 Å². The van der Waals surface area contributed by atoms with Crippen molar-refractivity contribution in [1.82, 2.24) is 4.57 Å². The predicted molar refractivity (Wildman–Crippen MR) is 136 cm³/mol. The zero-order chi connectivity index (χ0) is 24.6. The van der Waals surface area contributed by atoms with Crippen LogP contribution in [0.4, 0.5) is 5.69 Å². The molecule has 0 saturated carbocycles. The molecule has 3 aromatic rings. The second-order valence-corrected chi connectivity index (χ2v) is 8.67. The maximum atomic E-state index is 13.6. The molecule has 0 N–H and O–H groups in total. The van der Waals surface area contributed by atoms with Crippen molar-refractivity contribution in [3.05, 3.63) is 99.5 Å². The second kappa shape index (κ2) is 9.18. The normalized spacial score (nSPS) is 14.9. The van der Waals surface area contributed by atoms with Crippen molar-refractivity contribution in [1.29, 1.82) is 0 Å². The largest absolute Gasteiger partial charge is 0.462 e. The summed E-state index contributed by atoms with van der Waals surface area (Å²) in [6, 6.07) is 17.8. The van der Waals surface area contributed by atoms with Crippen molar-refractivity contribution in [2.75, 3.05) is 11.5 Å². The number of hydrogen-bond acceptors (Lipinski definition) is 3. The summed E-state index contributed by atoms with van der Waals surface area (Å²) >= 11 is 0. The van der Waals surface area contributed by atoms with Gasteiger partial charge in [0.15, 0.2) is 0 Å². The molecule has 0 bridgehead atoms. The highest BCUT2D eigenvalue weighted by molar-refractivity contribution is 6.23. The van der Waals surface area contributed by atoms with E-state index in [2.05, 4.69) is 49.6 Å². The zero-order valence-electron chi connectivity index (χ0n) is 20.6. The summed E-state index contributed by atoms with van der Waals surface area (Å²) in [6.45, 7) is 12.1. The van der Waals surface area contributed by atoms with Gasteiger partial charge in [0.2, 0.25) is 0 Å². The minimum atomic E-state index is -0.485. The third kappa shape index (κ3) is 3.98. The van der Waals surface area contributed by atoms with Crippen LogP contribution in [-0.4, -0.2) is 23.1 Å². The highest BCUT2D eigenvalue weighted by Crippen LogP contribution is 2.36. The maximum Gasteiger partial charge on any atom is 0.340 e. The van der Waals surface area contributed by atoms with Crippen molar-refractivity contribution in [2.24, 2.45) is 0 Å². The molecular formula is C29H30N2O3. The number of aromatic nitrogens is 1. The third-order valence-electron chi connectivity index (χ3n) is 6.27. The summed E-state index contributed by atoms with van der Waals surface area (Å²) in [4.78, 5) is 28.1. The summed E-state index contributed by atoms with van der Waals surface area (Å²) in [5.41, 5.74) is 8.37. The number of benzene rings is 2. The van der Waals surface area contributed by atoms with Crippen molar-refractivity contribution in [3.8, 4) is 5.69 Å². The van der Waals surface area contributed by atoms with E-state index in [0.717, 1.165) is 28.3 Å². The van der Waals surface area contributed by atoms with E-state index in [-0.39, 0.29) is 12.5 Å². The monoisotopic (exact) mass is 454 g/mol. The van der Waals surface area contributed by atoms with E-state index in [1.807, 2.05) is 43.3 Å². The number of carbonyl (C=O) groups excluding carboxylic acids is 2. The number of anilines is 1. The number of aryl methyl sites for hydroxylation is 3. The Hall–Kier alpha value is -3.86. The van der Waals surface area contributed by atoms with Crippen molar-refractivity contribution in [3.63, 3.8) is 0 Å². The fourth-order valence-electron chi connectivity index (χ4n) is 4.59. The quantitative estimate of drug-likeness (QED) is 0.352. The van der Waals surface area contributed by atoms with Gasteiger partial charge in [-0.3, -0.25) is 9.69 Å². The Morgan fingerprint density at radius 3 is 2.35 bits per heavy atom. The second-order valence-electron chi connectivity index (χ2n) is 8.67. The van der Waals surface area contributed by atoms with E-state index in [0.29, 0.717) is 16.8 Å². The van der Waals surface area contributed by atoms with Crippen molar-refractivity contribution < 1.29 is 14.3 Å². The van der Waals surface area contributed by atoms with Crippen LogP contribution in [-0.2, 0) is 14.3 Å². The molecule has 0 fully saturated rings. The molecule has 0 unspecified atom stereocenters. The zero-order valence-corrected chi connectivity index (χ0v) is 20.6. The van der Waals surface area contributed by atoms with Crippen molar-refractivity contribution >= 4 is 23.6 Å². The molecular weight excluding hydrogens is 424 g/mol. The first-order valence-corrected chi connectivity index (χ1v) is 11.5. The standard InChI is InChI=1S/C29H30N2O3/c1-7-34-29(33)27-22(6)31(24-11-9-8-10-12-24)28(32)25(27)17-23-16-20(4)30(21(23)5)26-15-18(2)13-14-19(26)3/h8-17H,7H2,1-6H3/b25-17+. The molecule has 2 heterocycles. The van der Waals surface area contributed by atoms with Gasteiger partial charge in [-0.25, -0.2) is 4.79 Å². The number of rotatable bonds is 5. The Labute approximate surface area is 201 Å². The molecule has 0 aliphatic carbocycles. The van der Waals surface area contributed by atoms with E-state index in [9.17, 15) is 9.59 Å². The maximum absolute atomic E-state index is 13.6. The smallest absolute Gasteiger partial charge is 0.340 e. The Bertz CT molecular complexity index is 1340.